The molecule has 104 valence electrons. The summed E-state index contributed by atoms with van der Waals surface area (Å²) < 4.78 is 5.65. The maximum Gasteiger partial charge on any atom is 0.224 e. The third-order valence-electron chi connectivity index (χ3n) is 2.39. The summed E-state index contributed by atoms with van der Waals surface area (Å²) in [4.78, 5) is 11.7. The Balaban J connectivity index is 2.80. The van der Waals surface area contributed by atoms with E-state index >= 15 is 0 Å². The van der Waals surface area contributed by atoms with E-state index < -0.39 is 0 Å². The Morgan fingerprint density at radius 3 is 2.95 bits per heavy atom. The number of amides is 1. The molecule has 0 saturated carbocycles. The number of ether oxygens (including phenoxy) is 1. The van der Waals surface area contributed by atoms with Gasteiger partial charge in [-0.2, -0.15) is 0 Å². The summed E-state index contributed by atoms with van der Waals surface area (Å²) in [5, 5.41) is 14.4. The minimum Gasteiger partial charge on any atom is -0.409 e. The molecule has 7 heteroatoms. The number of hydrogen-bond acceptors (Lipinski definition) is 4. The minimum absolute atomic E-state index is 0.0616. The van der Waals surface area contributed by atoms with Crippen molar-refractivity contribution in [1.29, 1.82) is 0 Å². The number of methoxy groups -OCH3 is 1. The van der Waals surface area contributed by atoms with Gasteiger partial charge in [-0.25, -0.2) is 0 Å². The average Bonchev–Trinajstić information content (AvgIpc) is 2.40. The lowest BCUT2D eigenvalue weighted by atomic mass is 10.1. The van der Waals surface area contributed by atoms with Crippen molar-refractivity contribution in [2.75, 3.05) is 19.0 Å². The number of hydrogen-bond donors (Lipinski definition) is 3. The number of oxime groups is 1. The number of nitrogens with one attached hydrogen (secondary N) is 1. The van der Waals surface area contributed by atoms with Gasteiger partial charge in [0, 0.05) is 30.2 Å². The quantitative estimate of drug-likeness (QED) is 0.244. The first-order valence-corrected chi connectivity index (χ1v) is 6.44. The highest BCUT2D eigenvalue weighted by atomic mass is 79.9. The van der Waals surface area contributed by atoms with Crippen molar-refractivity contribution in [1.82, 2.24) is 0 Å². The first kappa shape index (κ1) is 15.5. The number of benzene rings is 1. The van der Waals surface area contributed by atoms with Gasteiger partial charge in [0.15, 0.2) is 5.84 Å². The lowest BCUT2D eigenvalue weighted by Crippen LogP contribution is -2.19. The first-order chi connectivity index (χ1) is 9.08. The van der Waals surface area contributed by atoms with Gasteiger partial charge in [0.05, 0.1) is 5.69 Å². The maximum absolute atomic E-state index is 11.7. The van der Waals surface area contributed by atoms with E-state index in [2.05, 4.69) is 26.4 Å². The smallest absolute Gasteiger partial charge is 0.224 e. The molecule has 0 aliphatic rings. The van der Waals surface area contributed by atoms with E-state index in [9.17, 15) is 4.79 Å². The highest BCUT2D eigenvalue weighted by Crippen LogP contribution is 2.21. The van der Waals surface area contributed by atoms with Crippen molar-refractivity contribution in [3.8, 4) is 0 Å². The Kier molecular flexibility index (Phi) is 6.31. The van der Waals surface area contributed by atoms with E-state index in [0.29, 0.717) is 30.7 Å². The molecule has 4 N–H and O–H groups in total. The van der Waals surface area contributed by atoms with E-state index in [1.807, 2.05) is 0 Å². The van der Waals surface area contributed by atoms with Crippen LogP contribution in [0, 0.1) is 0 Å². The molecule has 0 radical (unpaired) electrons. The van der Waals surface area contributed by atoms with Crippen LogP contribution in [0.5, 0.6) is 0 Å². The minimum atomic E-state index is -0.147. The van der Waals surface area contributed by atoms with Gasteiger partial charge in [-0.05, 0) is 24.6 Å². The topological polar surface area (TPSA) is 96.9 Å². The van der Waals surface area contributed by atoms with Gasteiger partial charge in [0.2, 0.25) is 5.91 Å². The van der Waals surface area contributed by atoms with Crippen LogP contribution < -0.4 is 11.1 Å². The van der Waals surface area contributed by atoms with Crippen LogP contribution in [0.2, 0.25) is 0 Å². The fourth-order valence-corrected chi connectivity index (χ4v) is 1.84. The summed E-state index contributed by atoms with van der Waals surface area (Å²) >= 11 is 3.29. The van der Waals surface area contributed by atoms with Gasteiger partial charge in [0.25, 0.3) is 0 Å². The van der Waals surface area contributed by atoms with Crippen LogP contribution >= 0.6 is 15.9 Å². The van der Waals surface area contributed by atoms with Gasteiger partial charge >= 0.3 is 0 Å². The monoisotopic (exact) mass is 329 g/mol. The molecule has 1 aromatic carbocycles. The molecule has 0 bridgehead atoms. The number of amidine groups is 1. The molecular weight excluding hydrogens is 314 g/mol. The predicted molar refractivity (Wildman–Crippen MR) is 76.4 cm³/mol. The molecule has 1 aromatic rings. The Bertz CT molecular complexity index is 477. The molecule has 6 nitrogen and oxygen atoms in total. The summed E-state index contributed by atoms with van der Waals surface area (Å²) in [5.74, 6) is -0.208. The van der Waals surface area contributed by atoms with E-state index in [0.717, 1.165) is 4.47 Å². The lowest BCUT2D eigenvalue weighted by Gasteiger charge is -2.10. The van der Waals surface area contributed by atoms with Crippen LogP contribution in [-0.4, -0.2) is 30.7 Å². The summed E-state index contributed by atoms with van der Waals surface area (Å²) in [6, 6.07) is 5.12. The fraction of sp³-hybridized carbons (Fsp3) is 0.333. The summed E-state index contributed by atoms with van der Waals surface area (Å²) in [6.45, 7) is 0.529. The van der Waals surface area contributed by atoms with Gasteiger partial charge in [-0.15, -0.1) is 0 Å². The van der Waals surface area contributed by atoms with E-state index in [1.165, 1.54) is 0 Å². The van der Waals surface area contributed by atoms with E-state index in [4.69, 9.17) is 15.7 Å². The zero-order valence-electron chi connectivity index (χ0n) is 10.5. The lowest BCUT2D eigenvalue weighted by molar-refractivity contribution is -0.116. The summed E-state index contributed by atoms with van der Waals surface area (Å²) in [5.41, 5.74) is 6.53. The summed E-state index contributed by atoms with van der Waals surface area (Å²) in [6.07, 6.45) is 0.983. The number of anilines is 1. The molecule has 0 heterocycles. The van der Waals surface area contributed by atoms with E-state index in [-0.39, 0.29) is 11.7 Å². The van der Waals surface area contributed by atoms with Crippen molar-refractivity contribution >= 4 is 33.4 Å². The van der Waals surface area contributed by atoms with Gasteiger partial charge in [-0.3, -0.25) is 4.79 Å². The van der Waals surface area contributed by atoms with Crippen molar-refractivity contribution in [3.05, 3.63) is 28.2 Å². The van der Waals surface area contributed by atoms with Crippen LogP contribution in [0.4, 0.5) is 5.69 Å². The average molecular weight is 330 g/mol. The second-order valence-corrected chi connectivity index (χ2v) is 4.74. The number of nitrogens with two attached hydrogens (primary N) is 1. The van der Waals surface area contributed by atoms with Crippen molar-refractivity contribution in [2.24, 2.45) is 10.9 Å². The van der Waals surface area contributed by atoms with E-state index in [1.54, 1.807) is 25.3 Å². The van der Waals surface area contributed by atoms with Gasteiger partial charge < -0.3 is 21.0 Å². The summed E-state index contributed by atoms with van der Waals surface area (Å²) in [7, 11) is 1.59. The van der Waals surface area contributed by atoms with Crippen LogP contribution in [-0.2, 0) is 9.53 Å². The molecule has 0 atom stereocenters. The third kappa shape index (κ3) is 4.88. The molecule has 0 saturated heterocycles. The number of carbonyl (C=O) groups excluding carboxylic acids is 1. The van der Waals surface area contributed by atoms with Crippen molar-refractivity contribution < 1.29 is 14.7 Å². The Morgan fingerprint density at radius 1 is 1.58 bits per heavy atom. The largest absolute Gasteiger partial charge is 0.409 e. The zero-order chi connectivity index (χ0) is 14.3. The molecule has 0 aliphatic heterocycles. The SMILES string of the molecule is COCCCC(=O)Nc1ccc(Br)cc1/C(N)=N/O. The molecule has 1 amide bonds. The molecule has 0 fully saturated rings. The van der Waals surface area contributed by atoms with Crippen molar-refractivity contribution in [3.63, 3.8) is 0 Å². The Labute approximate surface area is 119 Å². The van der Waals surface area contributed by atoms with Crippen LogP contribution in [0.3, 0.4) is 0 Å². The zero-order valence-corrected chi connectivity index (χ0v) is 12.1. The number of nitrogens with zero attached hydrogens (tertiary/aromatic N) is 1. The van der Waals surface area contributed by atoms with Crippen LogP contribution in [0.25, 0.3) is 0 Å². The molecule has 0 aliphatic carbocycles. The first-order valence-electron chi connectivity index (χ1n) is 5.64. The normalized spacial score (nSPS) is 11.4. The molecule has 19 heavy (non-hydrogen) atoms. The molecule has 0 unspecified atom stereocenters. The van der Waals surface area contributed by atoms with Gasteiger partial charge in [0.1, 0.15) is 0 Å². The number of carbonyl (C=O) groups is 1. The predicted octanol–water partition coefficient (Wildman–Crippen LogP) is 1.91. The standard InChI is InChI=1S/C12H16BrN3O3/c1-19-6-2-3-11(17)15-10-5-4-8(13)7-9(10)12(14)16-18/h4-5,7,18H,2-3,6H2,1H3,(H2,14,16)(H,15,17). The molecule has 0 aromatic heterocycles. The fourth-order valence-electron chi connectivity index (χ4n) is 1.48. The van der Waals surface area contributed by atoms with Crippen LogP contribution in [0.1, 0.15) is 18.4 Å². The number of halogens is 1. The second-order valence-electron chi connectivity index (χ2n) is 3.82. The highest BCUT2D eigenvalue weighted by molar-refractivity contribution is 9.10. The van der Waals surface area contributed by atoms with Crippen LogP contribution in [0.15, 0.2) is 27.8 Å². The second kappa shape index (κ2) is 7.75. The van der Waals surface area contributed by atoms with Crippen molar-refractivity contribution in [2.45, 2.75) is 12.8 Å². The third-order valence-corrected chi connectivity index (χ3v) is 2.88. The number of rotatable bonds is 6. The highest BCUT2D eigenvalue weighted by Gasteiger charge is 2.10. The molecule has 0 spiro atoms. The van der Waals surface area contributed by atoms with Gasteiger partial charge in [-0.1, -0.05) is 21.1 Å². The molecule has 1 rings (SSSR count). The maximum atomic E-state index is 11.7. The Hall–Kier alpha value is -1.60. The molecular formula is C12H16BrN3O3. The Morgan fingerprint density at radius 2 is 2.32 bits per heavy atom.